The molecule has 2 rings (SSSR count). The van der Waals surface area contributed by atoms with E-state index in [1.54, 1.807) is 0 Å². The van der Waals surface area contributed by atoms with Crippen molar-refractivity contribution in [2.75, 3.05) is 0 Å². The lowest BCUT2D eigenvalue weighted by atomic mass is 10.0. The Morgan fingerprint density at radius 3 is 2.43 bits per heavy atom. The molecular weight excluding hydrogens is 172 g/mol. The predicted octanol–water partition coefficient (Wildman–Crippen LogP) is 1.98. The van der Waals surface area contributed by atoms with E-state index in [1.165, 1.54) is 18.4 Å². The van der Waals surface area contributed by atoms with Crippen LogP contribution in [0.25, 0.3) is 0 Å². The quantitative estimate of drug-likeness (QED) is 0.784. The fourth-order valence-electron chi connectivity index (χ4n) is 1.55. The van der Waals surface area contributed by atoms with E-state index in [0.29, 0.717) is 0 Å². The maximum absolute atomic E-state index is 8.63. The van der Waals surface area contributed by atoms with Gasteiger partial charge in [-0.05, 0) is 43.4 Å². The minimum absolute atomic E-state index is 0.133. The number of nitrogens with two attached hydrogens (primary N) is 1. The van der Waals surface area contributed by atoms with Crippen LogP contribution in [0.15, 0.2) is 24.3 Å². The molecule has 1 fully saturated rings. The summed E-state index contributed by atoms with van der Waals surface area (Å²) < 4.78 is 0. The van der Waals surface area contributed by atoms with Gasteiger partial charge in [-0.25, -0.2) is 0 Å². The van der Waals surface area contributed by atoms with E-state index >= 15 is 0 Å². The Kier molecular flexibility index (Phi) is 2.26. The normalized spacial score (nSPS) is 17.4. The molecule has 0 aliphatic heterocycles. The summed E-state index contributed by atoms with van der Waals surface area (Å²) in [6.45, 7) is 0. The van der Waals surface area contributed by atoms with Crippen LogP contribution in [0.5, 0.6) is 0 Å². The van der Waals surface area contributed by atoms with Crippen LogP contribution in [0, 0.1) is 11.3 Å². The number of rotatable bonds is 3. The average molecular weight is 186 g/mol. The summed E-state index contributed by atoms with van der Waals surface area (Å²) in [5, 5.41) is 8.63. The van der Waals surface area contributed by atoms with Crippen LogP contribution in [0.4, 0.5) is 0 Å². The van der Waals surface area contributed by atoms with E-state index in [-0.39, 0.29) is 5.54 Å². The molecule has 0 spiro atoms. The maximum Gasteiger partial charge on any atom is 0.0991 e. The lowest BCUT2D eigenvalue weighted by Crippen LogP contribution is -2.22. The molecule has 1 aliphatic rings. The number of nitrogens with zero attached hydrogens (tertiary/aromatic N) is 1. The second-order valence-corrected chi connectivity index (χ2v) is 4.17. The number of aryl methyl sites for hydroxylation is 1. The molecule has 1 aromatic rings. The van der Waals surface area contributed by atoms with Crippen molar-refractivity contribution in [3.05, 3.63) is 35.4 Å². The summed E-state index contributed by atoms with van der Waals surface area (Å²) in [4.78, 5) is 0. The predicted molar refractivity (Wildman–Crippen MR) is 55.6 cm³/mol. The van der Waals surface area contributed by atoms with Crippen molar-refractivity contribution in [2.24, 2.45) is 5.73 Å². The Hall–Kier alpha value is -1.33. The third-order valence-corrected chi connectivity index (χ3v) is 2.89. The van der Waals surface area contributed by atoms with Crippen molar-refractivity contribution in [3.8, 4) is 6.07 Å². The second kappa shape index (κ2) is 3.43. The van der Waals surface area contributed by atoms with Crippen molar-refractivity contribution in [3.63, 3.8) is 0 Å². The monoisotopic (exact) mass is 186 g/mol. The Bertz CT molecular complexity index is 355. The summed E-state index contributed by atoms with van der Waals surface area (Å²) in [6.07, 6.45) is 4.44. The molecule has 2 nitrogen and oxygen atoms in total. The van der Waals surface area contributed by atoms with Gasteiger partial charge in [-0.2, -0.15) is 5.26 Å². The maximum atomic E-state index is 8.63. The molecule has 14 heavy (non-hydrogen) atoms. The topological polar surface area (TPSA) is 49.8 Å². The highest BCUT2D eigenvalue weighted by Gasteiger charge is 2.37. The van der Waals surface area contributed by atoms with E-state index < -0.39 is 0 Å². The van der Waals surface area contributed by atoms with Crippen LogP contribution in [0.3, 0.4) is 0 Å². The van der Waals surface area contributed by atoms with E-state index in [9.17, 15) is 0 Å². The van der Waals surface area contributed by atoms with E-state index in [0.717, 1.165) is 18.4 Å². The number of nitriles is 1. The van der Waals surface area contributed by atoms with Gasteiger partial charge in [-0.15, -0.1) is 0 Å². The zero-order valence-corrected chi connectivity index (χ0v) is 8.16. The van der Waals surface area contributed by atoms with Crippen molar-refractivity contribution >= 4 is 0 Å². The van der Waals surface area contributed by atoms with Gasteiger partial charge in [-0.1, -0.05) is 12.1 Å². The van der Waals surface area contributed by atoms with Crippen LogP contribution in [0.2, 0.25) is 0 Å². The van der Waals surface area contributed by atoms with Gasteiger partial charge >= 0.3 is 0 Å². The van der Waals surface area contributed by atoms with Crippen LogP contribution in [0.1, 0.15) is 30.4 Å². The average Bonchev–Trinajstić information content (AvgIpc) is 2.95. The number of hydrogen-bond donors (Lipinski definition) is 1. The molecule has 1 saturated carbocycles. The molecule has 0 radical (unpaired) electrons. The lowest BCUT2D eigenvalue weighted by Gasteiger charge is -2.07. The molecule has 0 atom stereocenters. The first-order chi connectivity index (χ1) is 6.72. The molecule has 1 aromatic carbocycles. The summed E-state index contributed by atoms with van der Waals surface area (Å²) >= 11 is 0. The summed E-state index contributed by atoms with van der Waals surface area (Å²) in [5.74, 6) is 0. The first-order valence-electron chi connectivity index (χ1n) is 5.00. The van der Waals surface area contributed by atoms with Gasteiger partial charge in [0.1, 0.15) is 0 Å². The summed E-state index contributed by atoms with van der Waals surface area (Å²) in [5.41, 5.74) is 8.13. The lowest BCUT2D eigenvalue weighted by molar-refractivity contribution is 0.609. The highest BCUT2D eigenvalue weighted by atomic mass is 14.8. The first kappa shape index (κ1) is 9.23. The molecule has 1 aliphatic carbocycles. The minimum Gasteiger partial charge on any atom is -0.325 e. The minimum atomic E-state index is 0.133. The highest BCUT2D eigenvalue weighted by molar-refractivity contribution is 5.31. The largest absolute Gasteiger partial charge is 0.325 e. The fourth-order valence-corrected chi connectivity index (χ4v) is 1.55. The van der Waals surface area contributed by atoms with Gasteiger partial charge in [0.05, 0.1) is 11.6 Å². The molecule has 2 heteroatoms. The zero-order chi connectivity index (χ0) is 10.0. The molecule has 2 N–H and O–H groups in total. The van der Waals surface area contributed by atoms with E-state index in [2.05, 4.69) is 6.07 Å². The molecule has 0 saturated heterocycles. The Morgan fingerprint density at radius 1 is 1.29 bits per heavy atom. The van der Waals surface area contributed by atoms with Crippen LogP contribution >= 0.6 is 0 Å². The molecule has 0 bridgehead atoms. The first-order valence-corrected chi connectivity index (χ1v) is 5.00. The Balaban J connectivity index is 1.94. The third-order valence-electron chi connectivity index (χ3n) is 2.89. The molecule has 0 unspecified atom stereocenters. The SMILES string of the molecule is N#Cc1ccc(CCC2(N)CC2)cc1. The van der Waals surface area contributed by atoms with Crippen molar-refractivity contribution < 1.29 is 0 Å². The Labute approximate surface area is 84.3 Å². The summed E-state index contributed by atoms with van der Waals surface area (Å²) in [6, 6.07) is 9.88. The Morgan fingerprint density at radius 2 is 1.93 bits per heavy atom. The molecular formula is C12H14N2. The zero-order valence-electron chi connectivity index (χ0n) is 8.16. The van der Waals surface area contributed by atoms with Gasteiger partial charge in [0.2, 0.25) is 0 Å². The standard InChI is InChI=1S/C12H14N2/c13-9-11-3-1-10(2-4-11)5-6-12(14)7-8-12/h1-4H,5-8,14H2. The van der Waals surface area contributed by atoms with Crippen LogP contribution in [-0.4, -0.2) is 5.54 Å². The van der Waals surface area contributed by atoms with Gasteiger partial charge in [0.25, 0.3) is 0 Å². The van der Waals surface area contributed by atoms with E-state index in [1.807, 2.05) is 24.3 Å². The van der Waals surface area contributed by atoms with Crippen LogP contribution in [-0.2, 0) is 6.42 Å². The van der Waals surface area contributed by atoms with Gasteiger partial charge < -0.3 is 5.73 Å². The fraction of sp³-hybridized carbons (Fsp3) is 0.417. The number of benzene rings is 1. The second-order valence-electron chi connectivity index (χ2n) is 4.17. The van der Waals surface area contributed by atoms with Crippen molar-refractivity contribution in [1.82, 2.24) is 0 Å². The highest BCUT2D eigenvalue weighted by Crippen LogP contribution is 2.36. The third kappa shape index (κ3) is 2.12. The van der Waals surface area contributed by atoms with E-state index in [4.69, 9.17) is 11.0 Å². The van der Waals surface area contributed by atoms with Crippen LogP contribution < -0.4 is 5.73 Å². The number of hydrogen-bond acceptors (Lipinski definition) is 2. The molecule has 0 aromatic heterocycles. The smallest absolute Gasteiger partial charge is 0.0991 e. The molecule has 72 valence electrons. The van der Waals surface area contributed by atoms with Gasteiger partial charge in [0.15, 0.2) is 0 Å². The molecule has 0 heterocycles. The molecule has 0 amide bonds. The van der Waals surface area contributed by atoms with Gasteiger partial charge in [-0.3, -0.25) is 0 Å². The summed E-state index contributed by atoms with van der Waals surface area (Å²) in [7, 11) is 0. The van der Waals surface area contributed by atoms with Crippen molar-refractivity contribution in [2.45, 2.75) is 31.2 Å². The van der Waals surface area contributed by atoms with Gasteiger partial charge in [0, 0.05) is 5.54 Å². The van der Waals surface area contributed by atoms with Crippen molar-refractivity contribution in [1.29, 1.82) is 5.26 Å².